The SMILES string of the molecule is O=C(c1ccc(Cl)cc1Cl)N1CCN(c2nc3ccccc3nc2NC2CC2)CC1. The van der Waals surface area contributed by atoms with Crippen molar-refractivity contribution in [1.29, 1.82) is 0 Å². The molecule has 30 heavy (non-hydrogen) atoms. The molecule has 0 radical (unpaired) electrons. The third kappa shape index (κ3) is 3.89. The topological polar surface area (TPSA) is 61.4 Å². The zero-order valence-electron chi connectivity index (χ0n) is 16.3. The van der Waals surface area contributed by atoms with Gasteiger partial charge in [0.15, 0.2) is 11.6 Å². The smallest absolute Gasteiger partial charge is 0.255 e. The highest BCUT2D eigenvalue weighted by atomic mass is 35.5. The number of carbonyl (C=O) groups excluding carboxylic acids is 1. The number of carbonyl (C=O) groups is 1. The lowest BCUT2D eigenvalue weighted by Crippen LogP contribution is -2.49. The van der Waals surface area contributed by atoms with Crippen LogP contribution in [-0.2, 0) is 0 Å². The molecule has 8 heteroatoms. The number of benzene rings is 2. The van der Waals surface area contributed by atoms with Crippen LogP contribution in [-0.4, -0.2) is 53.0 Å². The van der Waals surface area contributed by atoms with Gasteiger partial charge in [-0.3, -0.25) is 4.79 Å². The zero-order valence-corrected chi connectivity index (χ0v) is 17.8. The molecule has 0 unspecified atom stereocenters. The van der Waals surface area contributed by atoms with Crippen LogP contribution >= 0.6 is 23.2 Å². The number of aromatic nitrogens is 2. The molecule has 1 aromatic heterocycles. The summed E-state index contributed by atoms with van der Waals surface area (Å²) in [5, 5.41) is 4.42. The number of para-hydroxylation sites is 2. The summed E-state index contributed by atoms with van der Waals surface area (Å²) < 4.78 is 0. The minimum absolute atomic E-state index is 0.0720. The van der Waals surface area contributed by atoms with E-state index < -0.39 is 0 Å². The Morgan fingerprint density at radius 2 is 1.67 bits per heavy atom. The Hall–Kier alpha value is -2.57. The van der Waals surface area contributed by atoms with E-state index in [9.17, 15) is 4.79 Å². The maximum atomic E-state index is 12.9. The monoisotopic (exact) mass is 441 g/mol. The van der Waals surface area contributed by atoms with Crippen LogP contribution in [0.15, 0.2) is 42.5 Å². The number of hydrogen-bond acceptors (Lipinski definition) is 5. The molecule has 1 N–H and O–H groups in total. The molecule has 0 bridgehead atoms. The largest absolute Gasteiger partial charge is 0.364 e. The first kappa shape index (κ1) is 19.4. The van der Waals surface area contributed by atoms with Crippen LogP contribution in [0.2, 0.25) is 10.0 Å². The van der Waals surface area contributed by atoms with Crippen molar-refractivity contribution in [1.82, 2.24) is 14.9 Å². The highest BCUT2D eigenvalue weighted by Gasteiger charge is 2.28. The fourth-order valence-corrected chi connectivity index (χ4v) is 4.17. The maximum absolute atomic E-state index is 12.9. The van der Waals surface area contributed by atoms with Crippen LogP contribution in [0, 0.1) is 0 Å². The van der Waals surface area contributed by atoms with Crippen molar-refractivity contribution in [2.24, 2.45) is 0 Å². The first-order valence-corrected chi connectivity index (χ1v) is 10.9. The number of hydrogen-bond donors (Lipinski definition) is 1. The summed E-state index contributed by atoms with van der Waals surface area (Å²) in [5.41, 5.74) is 2.24. The van der Waals surface area contributed by atoms with Crippen molar-refractivity contribution in [2.75, 3.05) is 36.4 Å². The van der Waals surface area contributed by atoms with Crippen LogP contribution in [0.4, 0.5) is 11.6 Å². The second-order valence-corrected chi connectivity index (χ2v) is 8.55. The highest BCUT2D eigenvalue weighted by Crippen LogP contribution is 2.31. The zero-order chi connectivity index (χ0) is 20.7. The number of amides is 1. The Kier molecular flexibility index (Phi) is 5.13. The fourth-order valence-electron chi connectivity index (χ4n) is 3.68. The quantitative estimate of drug-likeness (QED) is 0.646. The summed E-state index contributed by atoms with van der Waals surface area (Å²) >= 11 is 12.2. The molecule has 1 amide bonds. The molecule has 1 saturated heterocycles. The van der Waals surface area contributed by atoms with E-state index in [4.69, 9.17) is 33.2 Å². The van der Waals surface area contributed by atoms with Gasteiger partial charge >= 0.3 is 0 Å². The van der Waals surface area contributed by atoms with Crippen LogP contribution < -0.4 is 10.2 Å². The first-order valence-electron chi connectivity index (χ1n) is 10.1. The van der Waals surface area contributed by atoms with Gasteiger partial charge in [-0.1, -0.05) is 35.3 Å². The minimum atomic E-state index is -0.0720. The van der Waals surface area contributed by atoms with Gasteiger partial charge in [-0.2, -0.15) is 0 Å². The van der Waals surface area contributed by atoms with Gasteiger partial charge in [-0.15, -0.1) is 0 Å². The van der Waals surface area contributed by atoms with E-state index in [0.29, 0.717) is 47.8 Å². The fraction of sp³-hybridized carbons (Fsp3) is 0.318. The number of fused-ring (bicyclic) bond motifs is 1. The van der Waals surface area contributed by atoms with Crippen molar-refractivity contribution >= 4 is 51.8 Å². The molecule has 5 rings (SSSR count). The van der Waals surface area contributed by atoms with Crippen molar-refractivity contribution in [3.05, 3.63) is 58.1 Å². The maximum Gasteiger partial charge on any atom is 0.255 e. The van der Waals surface area contributed by atoms with Gasteiger partial charge in [-0.25, -0.2) is 9.97 Å². The Balaban J connectivity index is 1.36. The number of nitrogens with one attached hydrogen (secondary N) is 1. The number of anilines is 2. The average Bonchev–Trinajstić information content (AvgIpc) is 3.57. The van der Waals surface area contributed by atoms with Gasteiger partial charge in [0.2, 0.25) is 0 Å². The van der Waals surface area contributed by atoms with Crippen LogP contribution in [0.3, 0.4) is 0 Å². The van der Waals surface area contributed by atoms with Gasteiger partial charge in [-0.05, 0) is 43.2 Å². The summed E-state index contributed by atoms with van der Waals surface area (Å²) in [5.74, 6) is 1.62. The number of rotatable bonds is 4. The average molecular weight is 442 g/mol. The summed E-state index contributed by atoms with van der Waals surface area (Å²) in [4.78, 5) is 26.7. The second kappa shape index (κ2) is 7.93. The Morgan fingerprint density at radius 3 is 2.33 bits per heavy atom. The van der Waals surface area contributed by atoms with Crippen molar-refractivity contribution in [3.8, 4) is 0 Å². The van der Waals surface area contributed by atoms with Gasteiger partial charge in [0.05, 0.1) is 21.6 Å². The molecule has 1 saturated carbocycles. The molecular weight excluding hydrogens is 421 g/mol. The standard InChI is InChI=1S/C22H21Cl2N5O/c23-14-5-8-16(17(24)13-14)22(30)29-11-9-28(10-12-29)21-20(25-15-6-7-15)26-18-3-1-2-4-19(18)27-21/h1-5,8,13,15H,6-7,9-12H2,(H,25,26). The summed E-state index contributed by atoms with van der Waals surface area (Å²) in [6.45, 7) is 2.55. The van der Waals surface area contributed by atoms with Crippen molar-refractivity contribution in [2.45, 2.75) is 18.9 Å². The molecule has 6 nitrogen and oxygen atoms in total. The highest BCUT2D eigenvalue weighted by molar-refractivity contribution is 6.36. The summed E-state index contributed by atoms with van der Waals surface area (Å²) in [7, 11) is 0. The Bertz CT molecular complexity index is 1110. The van der Waals surface area contributed by atoms with Gasteiger partial charge in [0.1, 0.15) is 0 Å². The minimum Gasteiger partial charge on any atom is -0.364 e. The van der Waals surface area contributed by atoms with E-state index in [-0.39, 0.29) is 5.91 Å². The number of piperazine rings is 1. The Morgan fingerprint density at radius 1 is 0.967 bits per heavy atom. The third-order valence-corrected chi connectivity index (χ3v) is 6.05. The lowest BCUT2D eigenvalue weighted by molar-refractivity contribution is 0.0747. The van der Waals surface area contributed by atoms with E-state index in [2.05, 4.69) is 10.2 Å². The van der Waals surface area contributed by atoms with Crippen molar-refractivity contribution in [3.63, 3.8) is 0 Å². The van der Waals surface area contributed by atoms with Gasteiger partial charge in [0.25, 0.3) is 5.91 Å². The lowest BCUT2D eigenvalue weighted by Gasteiger charge is -2.36. The lowest BCUT2D eigenvalue weighted by atomic mass is 10.1. The van der Waals surface area contributed by atoms with Crippen molar-refractivity contribution < 1.29 is 4.79 Å². The van der Waals surface area contributed by atoms with Crippen LogP contribution in [0.1, 0.15) is 23.2 Å². The van der Waals surface area contributed by atoms with E-state index in [0.717, 1.165) is 35.5 Å². The molecule has 1 aliphatic heterocycles. The second-order valence-electron chi connectivity index (χ2n) is 7.71. The van der Waals surface area contributed by atoms with E-state index in [1.54, 1.807) is 18.2 Å². The van der Waals surface area contributed by atoms with Crippen LogP contribution in [0.5, 0.6) is 0 Å². The normalized spacial score (nSPS) is 16.7. The van der Waals surface area contributed by atoms with E-state index in [1.165, 1.54) is 0 Å². The summed E-state index contributed by atoms with van der Waals surface area (Å²) in [6.07, 6.45) is 2.33. The molecule has 0 spiro atoms. The molecule has 0 atom stereocenters. The predicted octanol–water partition coefficient (Wildman–Crippen LogP) is 4.47. The Labute approximate surface area is 184 Å². The van der Waals surface area contributed by atoms with Gasteiger partial charge in [0, 0.05) is 37.2 Å². The molecule has 2 aromatic carbocycles. The third-order valence-electron chi connectivity index (χ3n) is 5.50. The van der Waals surface area contributed by atoms with E-state index in [1.807, 2.05) is 29.2 Å². The molecule has 3 aromatic rings. The molecular formula is C22H21Cl2N5O. The predicted molar refractivity (Wildman–Crippen MR) is 121 cm³/mol. The molecule has 2 fully saturated rings. The molecule has 2 aliphatic rings. The number of nitrogens with zero attached hydrogens (tertiary/aromatic N) is 4. The van der Waals surface area contributed by atoms with Crippen LogP contribution in [0.25, 0.3) is 11.0 Å². The summed E-state index contributed by atoms with van der Waals surface area (Å²) in [6, 6.07) is 13.4. The van der Waals surface area contributed by atoms with E-state index >= 15 is 0 Å². The molecule has 154 valence electrons. The number of halogens is 2. The first-order chi connectivity index (χ1) is 14.6. The van der Waals surface area contributed by atoms with Gasteiger partial charge < -0.3 is 15.1 Å². The molecule has 2 heterocycles. The molecule has 1 aliphatic carbocycles.